The Hall–Kier alpha value is -2.84. The maximum atomic E-state index is 13.7. The molecule has 0 radical (unpaired) electrons. The predicted octanol–water partition coefficient (Wildman–Crippen LogP) is 2.56. The molecule has 32 heavy (non-hydrogen) atoms. The van der Waals surface area contributed by atoms with Crippen LogP contribution >= 0.6 is 11.6 Å². The number of benzene rings is 1. The molecule has 4 heterocycles. The zero-order chi connectivity index (χ0) is 21.7. The summed E-state index contributed by atoms with van der Waals surface area (Å²) in [5.41, 5.74) is 1.78. The number of ether oxygens (including phenoxy) is 1. The fourth-order valence-electron chi connectivity index (χ4n) is 4.75. The molecule has 1 saturated heterocycles. The highest BCUT2D eigenvalue weighted by Gasteiger charge is 2.37. The van der Waals surface area contributed by atoms with Crippen LogP contribution < -0.4 is 15.0 Å². The molecule has 0 bridgehead atoms. The first kappa shape index (κ1) is 19.8. The molecular weight excluding hydrogens is 428 g/mol. The van der Waals surface area contributed by atoms with Crippen molar-refractivity contribution in [3.8, 4) is 5.75 Å². The number of H-pyrrole nitrogens is 1. The van der Waals surface area contributed by atoms with Gasteiger partial charge in [0.15, 0.2) is 0 Å². The summed E-state index contributed by atoms with van der Waals surface area (Å²) in [6.45, 7) is 3.10. The van der Waals surface area contributed by atoms with E-state index >= 15 is 0 Å². The van der Waals surface area contributed by atoms with Crippen molar-refractivity contribution in [2.75, 3.05) is 37.7 Å². The van der Waals surface area contributed by atoms with Crippen LogP contribution in [0.1, 0.15) is 24.3 Å². The molecule has 6 rings (SSSR count). The molecule has 2 atom stereocenters. The molecule has 1 amide bonds. The van der Waals surface area contributed by atoms with Crippen molar-refractivity contribution < 1.29 is 9.53 Å². The number of amides is 1. The first-order valence-electron chi connectivity index (χ1n) is 11.2. The van der Waals surface area contributed by atoms with E-state index in [-0.39, 0.29) is 17.9 Å². The minimum atomic E-state index is -0.231. The Morgan fingerprint density at radius 2 is 2.09 bits per heavy atom. The average molecular weight is 453 g/mol. The zero-order valence-corrected chi connectivity index (χ0v) is 18.4. The highest BCUT2D eigenvalue weighted by molar-refractivity contribution is 6.30. The normalized spacial score (nSPS) is 21.1. The van der Waals surface area contributed by atoms with E-state index in [1.807, 2.05) is 35.4 Å². The molecule has 166 valence electrons. The largest absolute Gasteiger partial charge is 0.489 e. The number of piperazine rings is 1. The van der Waals surface area contributed by atoms with Gasteiger partial charge in [0.1, 0.15) is 35.5 Å². The molecule has 0 spiro atoms. The quantitative estimate of drug-likeness (QED) is 0.618. The van der Waals surface area contributed by atoms with Gasteiger partial charge >= 0.3 is 0 Å². The van der Waals surface area contributed by atoms with E-state index in [9.17, 15) is 4.79 Å². The molecule has 0 unspecified atom stereocenters. The summed E-state index contributed by atoms with van der Waals surface area (Å²) in [7, 11) is 0. The van der Waals surface area contributed by atoms with Gasteiger partial charge in [-0.2, -0.15) is 0 Å². The molecule has 2 fully saturated rings. The summed E-state index contributed by atoms with van der Waals surface area (Å²) < 4.78 is 6.09. The van der Waals surface area contributed by atoms with Gasteiger partial charge in [-0.15, -0.1) is 0 Å². The third-order valence-electron chi connectivity index (χ3n) is 6.67. The standard InChI is InChI=1S/C23H25ClN6O2/c24-15-3-1-14(2-4-15)18(9-25-16-5-6-16)23(31)29-7-8-30-17(11-29)12-32-19-10-26-21-20(19)22(30)28-13-27-21/h1-4,10,13,16-18,25H,5-9,11-12H2,(H,26,27,28)/t17-,18-/m0/s1. The summed E-state index contributed by atoms with van der Waals surface area (Å²) in [5.74, 6) is 1.57. The van der Waals surface area contributed by atoms with E-state index in [1.165, 1.54) is 12.8 Å². The van der Waals surface area contributed by atoms with Crippen LogP contribution in [0.2, 0.25) is 5.02 Å². The molecule has 9 heteroatoms. The SMILES string of the molecule is O=C([C@@H](CNC1CC1)c1ccc(Cl)cc1)N1CCN2c3ncnc4[nH]cc(c34)OC[C@@H]2C1. The molecule has 3 aliphatic rings. The molecule has 1 aromatic carbocycles. The van der Waals surface area contributed by atoms with Crippen LogP contribution in [0.3, 0.4) is 0 Å². The van der Waals surface area contributed by atoms with Gasteiger partial charge in [-0.1, -0.05) is 23.7 Å². The Morgan fingerprint density at radius 3 is 2.91 bits per heavy atom. The Balaban J connectivity index is 1.24. The first-order chi connectivity index (χ1) is 15.7. The second-order valence-corrected chi connectivity index (χ2v) is 9.24. The lowest BCUT2D eigenvalue weighted by Crippen LogP contribution is -2.58. The van der Waals surface area contributed by atoms with Gasteiger partial charge in [0, 0.05) is 43.4 Å². The topological polar surface area (TPSA) is 86.4 Å². The second kappa shape index (κ2) is 7.94. The lowest BCUT2D eigenvalue weighted by molar-refractivity contribution is -0.133. The summed E-state index contributed by atoms with van der Waals surface area (Å²) >= 11 is 6.09. The Kier molecular flexibility index (Phi) is 4.91. The molecule has 1 aliphatic carbocycles. The smallest absolute Gasteiger partial charge is 0.231 e. The van der Waals surface area contributed by atoms with E-state index in [2.05, 4.69) is 25.2 Å². The van der Waals surface area contributed by atoms with Crippen LogP contribution in [0.5, 0.6) is 5.75 Å². The third kappa shape index (κ3) is 3.57. The number of anilines is 1. The van der Waals surface area contributed by atoms with Crippen LogP contribution in [0.15, 0.2) is 36.8 Å². The second-order valence-electron chi connectivity index (χ2n) is 8.80. The zero-order valence-electron chi connectivity index (χ0n) is 17.6. The van der Waals surface area contributed by atoms with Crippen molar-refractivity contribution >= 4 is 34.4 Å². The minimum Gasteiger partial charge on any atom is -0.489 e. The lowest BCUT2D eigenvalue weighted by Gasteiger charge is -2.42. The maximum Gasteiger partial charge on any atom is 0.231 e. The molecule has 2 N–H and O–H groups in total. The number of carbonyl (C=O) groups is 1. The van der Waals surface area contributed by atoms with Crippen LogP contribution in [0.4, 0.5) is 5.82 Å². The summed E-state index contributed by atoms with van der Waals surface area (Å²) in [6.07, 6.45) is 5.80. The summed E-state index contributed by atoms with van der Waals surface area (Å²) in [5, 5.41) is 5.14. The lowest BCUT2D eigenvalue weighted by atomic mass is 9.96. The van der Waals surface area contributed by atoms with Crippen molar-refractivity contribution in [2.24, 2.45) is 0 Å². The number of rotatable bonds is 5. The van der Waals surface area contributed by atoms with Gasteiger partial charge in [0.25, 0.3) is 0 Å². The van der Waals surface area contributed by atoms with Gasteiger partial charge in [-0.25, -0.2) is 9.97 Å². The molecular formula is C23H25ClN6O2. The average Bonchev–Trinajstić information content (AvgIpc) is 3.58. The number of nitrogens with one attached hydrogen (secondary N) is 2. The fourth-order valence-corrected chi connectivity index (χ4v) is 4.87. The fraction of sp³-hybridized carbons (Fsp3) is 0.435. The minimum absolute atomic E-state index is 0.0421. The number of aromatic nitrogens is 3. The van der Waals surface area contributed by atoms with Crippen molar-refractivity contribution in [3.05, 3.63) is 47.4 Å². The predicted molar refractivity (Wildman–Crippen MR) is 122 cm³/mol. The van der Waals surface area contributed by atoms with Gasteiger partial charge in [-0.3, -0.25) is 4.79 Å². The number of hydrogen-bond acceptors (Lipinski definition) is 6. The molecule has 2 aromatic heterocycles. The molecule has 1 saturated carbocycles. The first-order valence-corrected chi connectivity index (χ1v) is 11.5. The maximum absolute atomic E-state index is 13.7. The summed E-state index contributed by atoms with van der Waals surface area (Å²) in [4.78, 5) is 30.0. The molecule has 2 aliphatic heterocycles. The Morgan fingerprint density at radius 1 is 1.25 bits per heavy atom. The van der Waals surface area contributed by atoms with E-state index < -0.39 is 0 Å². The number of aromatic amines is 1. The van der Waals surface area contributed by atoms with Crippen molar-refractivity contribution in [3.63, 3.8) is 0 Å². The third-order valence-corrected chi connectivity index (χ3v) is 6.92. The Bertz CT molecular complexity index is 1150. The van der Waals surface area contributed by atoms with Crippen molar-refractivity contribution in [1.29, 1.82) is 0 Å². The van der Waals surface area contributed by atoms with Gasteiger partial charge in [0.2, 0.25) is 5.91 Å². The highest BCUT2D eigenvalue weighted by atomic mass is 35.5. The van der Waals surface area contributed by atoms with E-state index in [0.717, 1.165) is 28.2 Å². The molecule has 8 nitrogen and oxygen atoms in total. The van der Waals surface area contributed by atoms with E-state index in [4.69, 9.17) is 16.3 Å². The monoisotopic (exact) mass is 452 g/mol. The van der Waals surface area contributed by atoms with Crippen molar-refractivity contribution in [2.45, 2.75) is 30.8 Å². The highest BCUT2D eigenvalue weighted by Crippen LogP contribution is 2.36. The van der Waals surface area contributed by atoms with Gasteiger partial charge in [-0.05, 0) is 30.5 Å². The van der Waals surface area contributed by atoms with Crippen LogP contribution in [-0.2, 0) is 4.79 Å². The van der Waals surface area contributed by atoms with Crippen LogP contribution in [0.25, 0.3) is 11.0 Å². The number of nitrogens with zero attached hydrogens (tertiary/aromatic N) is 4. The number of halogens is 1. The number of fused-ring (bicyclic) bond motifs is 2. The summed E-state index contributed by atoms with van der Waals surface area (Å²) in [6, 6.07) is 8.24. The van der Waals surface area contributed by atoms with E-state index in [1.54, 1.807) is 6.33 Å². The van der Waals surface area contributed by atoms with E-state index in [0.29, 0.717) is 43.9 Å². The van der Waals surface area contributed by atoms with Crippen LogP contribution in [0, 0.1) is 0 Å². The number of carbonyl (C=O) groups excluding carboxylic acids is 1. The Labute approximate surface area is 190 Å². The van der Waals surface area contributed by atoms with Crippen molar-refractivity contribution in [1.82, 2.24) is 25.2 Å². The van der Waals surface area contributed by atoms with Gasteiger partial charge in [0.05, 0.1) is 12.0 Å². The van der Waals surface area contributed by atoms with Crippen LogP contribution in [-0.4, -0.2) is 70.6 Å². The number of hydrogen-bond donors (Lipinski definition) is 2. The molecule has 3 aromatic rings. The van der Waals surface area contributed by atoms with Gasteiger partial charge < -0.3 is 24.8 Å².